The fourth-order valence-corrected chi connectivity index (χ4v) is 3.71. The van der Waals surface area contributed by atoms with Gasteiger partial charge in [-0.1, -0.05) is 36.4 Å². The first-order chi connectivity index (χ1) is 12.6. The molecule has 26 heavy (non-hydrogen) atoms. The van der Waals surface area contributed by atoms with Gasteiger partial charge in [-0.25, -0.2) is 4.79 Å². The maximum absolute atomic E-state index is 12.8. The van der Waals surface area contributed by atoms with Gasteiger partial charge >= 0.3 is 6.03 Å². The van der Waals surface area contributed by atoms with Crippen LogP contribution in [0.2, 0.25) is 0 Å². The van der Waals surface area contributed by atoms with E-state index < -0.39 is 6.03 Å². The van der Waals surface area contributed by atoms with Gasteiger partial charge in [-0.15, -0.1) is 0 Å². The van der Waals surface area contributed by atoms with Crippen molar-refractivity contribution in [2.75, 3.05) is 0 Å². The highest BCUT2D eigenvalue weighted by Gasteiger charge is 2.27. The van der Waals surface area contributed by atoms with Crippen LogP contribution in [-0.2, 0) is 17.8 Å². The Morgan fingerprint density at radius 3 is 2.65 bits per heavy atom. The van der Waals surface area contributed by atoms with Crippen LogP contribution < -0.4 is 5.73 Å². The van der Waals surface area contributed by atoms with E-state index in [9.17, 15) is 9.59 Å². The highest BCUT2D eigenvalue weighted by molar-refractivity contribution is 5.92. The molecule has 3 aromatic rings. The van der Waals surface area contributed by atoms with Crippen LogP contribution in [0.25, 0.3) is 10.9 Å². The number of nitrogens with two attached hydrogens (primary N) is 1. The van der Waals surface area contributed by atoms with E-state index in [0.717, 1.165) is 22.1 Å². The van der Waals surface area contributed by atoms with E-state index >= 15 is 0 Å². The molecular formula is C20H20N4O2. The van der Waals surface area contributed by atoms with Gasteiger partial charge in [0.05, 0.1) is 17.8 Å². The molecule has 0 spiro atoms. The lowest BCUT2D eigenvalue weighted by Gasteiger charge is -2.29. The summed E-state index contributed by atoms with van der Waals surface area (Å²) in [7, 11) is 0. The first-order valence-electron chi connectivity index (χ1n) is 8.69. The summed E-state index contributed by atoms with van der Waals surface area (Å²) >= 11 is 0. The van der Waals surface area contributed by atoms with Crippen LogP contribution in [0.1, 0.15) is 36.1 Å². The molecule has 6 nitrogen and oxygen atoms in total. The van der Waals surface area contributed by atoms with Crippen molar-refractivity contribution in [1.29, 1.82) is 0 Å². The molecule has 0 bridgehead atoms. The van der Waals surface area contributed by atoms with E-state index in [2.05, 4.69) is 5.10 Å². The second-order valence-corrected chi connectivity index (χ2v) is 6.64. The summed E-state index contributed by atoms with van der Waals surface area (Å²) in [5, 5.41) is 5.00. The van der Waals surface area contributed by atoms with Crippen molar-refractivity contribution in [2.45, 2.75) is 32.4 Å². The number of hydrogen-bond acceptors (Lipinski definition) is 3. The van der Waals surface area contributed by atoms with Crippen molar-refractivity contribution in [2.24, 2.45) is 5.73 Å². The normalized spacial score (nSPS) is 15.6. The zero-order chi connectivity index (χ0) is 18.3. The number of aryl methyl sites for hydroxylation is 1. The number of rotatable bonds is 2. The molecule has 1 atom stereocenters. The van der Waals surface area contributed by atoms with Gasteiger partial charge in [-0.05, 0) is 36.1 Å². The second kappa shape index (κ2) is 6.29. The number of benzene rings is 2. The number of fused-ring (bicyclic) bond motifs is 3. The Morgan fingerprint density at radius 2 is 1.92 bits per heavy atom. The van der Waals surface area contributed by atoms with Crippen LogP contribution in [0.5, 0.6) is 0 Å². The Morgan fingerprint density at radius 1 is 1.15 bits per heavy atom. The summed E-state index contributed by atoms with van der Waals surface area (Å²) in [6, 6.07) is 13.2. The van der Waals surface area contributed by atoms with Gasteiger partial charge in [0.1, 0.15) is 0 Å². The molecule has 0 radical (unpaired) electrons. The molecule has 0 saturated carbocycles. The van der Waals surface area contributed by atoms with Crippen molar-refractivity contribution in [3.8, 4) is 0 Å². The Kier molecular flexibility index (Phi) is 3.95. The number of aromatic nitrogens is 2. The van der Waals surface area contributed by atoms with Gasteiger partial charge in [0.25, 0.3) is 0 Å². The van der Waals surface area contributed by atoms with Crippen molar-refractivity contribution in [3.05, 3.63) is 65.4 Å². The van der Waals surface area contributed by atoms with E-state index in [-0.39, 0.29) is 11.9 Å². The fraction of sp³-hybridized carbons (Fsp3) is 0.250. The third-order valence-electron chi connectivity index (χ3n) is 5.18. The smallest absolute Gasteiger partial charge is 0.340 e. The summed E-state index contributed by atoms with van der Waals surface area (Å²) in [5.41, 5.74) is 9.35. The van der Waals surface area contributed by atoms with Gasteiger partial charge in [-0.3, -0.25) is 4.79 Å². The van der Waals surface area contributed by atoms with Crippen LogP contribution in [0, 0.1) is 0 Å². The zero-order valence-corrected chi connectivity index (χ0v) is 14.6. The predicted octanol–water partition coefficient (Wildman–Crippen LogP) is 3.00. The number of carbonyl (C=O) groups excluding carboxylic acids is 2. The average molecular weight is 348 g/mol. The molecule has 1 aliphatic rings. The SMILES string of the molecule is C[C@@H](c1ccccc1)N1Cc2c(ccc3c2cnn3C(N)=O)CCC1=O. The standard InChI is InChI=1S/C20H20N4O2/c1-13(14-5-3-2-4-6-14)23-12-17-15(8-10-19(23)25)7-9-18-16(17)11-22-24(18)20(21)26/h2-7,9,11,13H,8,10,12H2,1H3,(H2,21,26)/t13-/m0/s1. The van der Waals surface area contributed by atoms with Crippen molar-refractivity contribution < 1.29 is 9.59 Å². The lowest BCUT2D eigenvalue weighted by molar-refractivity contribution is -0.133. The largest absolute Gasteiger partial charge is 0.350 e. The van der Waals surface area contributed by atoms with Crippen LogP contribution in [0.4, 0.5) is 4.79 Å². The van der Waals surface area contributed by atoms with Crippen molar-refractivity contribution in [1.82, 2.24) is 14.7 Å². The number of primary amides is 1. The third-order valence-corrected chi connectivity index (χ3v) is 5.18. The molecule has 1 aliphatic heterocycles. The molecule has 2 aromatic carbocycles. The number of carbonyl (C=O) groups is 2. The molecule has 2 N–H and O–H groups in total. The lowest BCUT2D eigenvalue weighted by Crippen LogP contribution is -2.32. The van der Waals surface area contributed by atoms with Gasteiger partial charge < -0.3 is 10.6 Å². The summed E-state index contributed by atoms with van der Waals surface area (Å²) in [6.45, 7) is 2.54. The Labute approximate surface area is 151 Å². The van der Waals surface area contributed by atoms with Gasteiger partial charge in [0.15, 0.2) is 0 Å². The zero-order valence-electron chi connectivity index (χ0n) is 14.6. The van der Waals surface area contributed by atoms with E-state index in [1.807, 2.05) is 54.3 Å². The maximum atomic E-state index is 12.8. The molecule has 6 heteroatoms. The minimum atomic E-state index is -0.612. The van der Waals surface area contributed by atoms with E-state index in [0.29, 0.717) is 24.9 Å². The van der Waals surface area contributed by atoms with Crippen molar-refractivity contribution >= 4 is 22.8 Å². The first-order valence-corrected chi connectivity index (χ1v) is 8.69. The molecule has 0 unspecified atom stereocenters. The van der Waals surface area contributed by atoms with Crippen molar-refractivity contribution in [3.63, 3.8) is 0 Å². The molecule has 0 fully saturated rings. The fourth-order valence-electron chi connectivity index (χ4n) is 3.71. The molecular weight excluding hydrogens is 328 g/mol. The lowest BCUT2D eigenvalue weighted by atomic mass is 10.00. The molecule has 4 rings (SSSR count). The minimum absolute atomic E-state index is 0.0314. The highest BCUT2D eigenvalue weighted by Crippen LogP contribution is 2.31. The Bertz CT molecular complexity index is 994. The van der Waals surface area contributed by atoms with Gasteiger partial charge in [0.2, 0.25) is 5.91 Å². The summed E-state index contributed by atoms with van der Waals surface area (Å²) in [6.07, 6.45) is 2.82. The van der Waals surface area contributed by atoms with Crippen LogP contribution in [-0.4, -0.2) is 26.6 Å². The third kappa shape index (κ3) is 2.63. The molecule has 2 amide bonds. The van der Waals surface area contributed by atoms with E-state index in [4.69, 9.17) is 5.73 Å². The number of amides is 2. The first kappa shape index (κ1) is 16.3. The molecule has 0 saturated heterocycles. The predicted molar refractivity (Wildman–Crippen MR) is 98.4 cm³/mol. The van der Waals surface area contributed by atoms with Crippen LogP contribution in [0.15, 0.2) is 48.7 Å². The molecule has 132 valence electrons. The summed E-state index contributed by atoms with van der Waals surface area (Å²) in [4.78, 5) is 26.3. The topological polar surface area (TPSA) is 81.2 Å². The van der Waals surface area contributed by atoms with E-state index in [1.54, 1.807) is 6.20 Å². The average Bonchev–Trinajstić information content (AvgIpc) is 3.02. The quantitative estimate of drug-likeness (QED) is 0.773. The molecule has 1 aromatic heterocycles. The summed E-state index contributed by atoms with van der Waals surface area (Å²) in [5.74, 6) is 0.132. The number of nitrogens with zero attached hydrogens (tertiary/aromatic N) is 3. The summed E-state index contributed by atoms with van der Waals surface area (Å²) < 4.78 is 1.20. The Hall–Kier alpha value is -3.15. The monoisotopic (exact) mass is 348 g/mol. The van der Waals surface area contributed by atoms with E-state index in [1.165, 1.54) is 4.68 Å². The minimum Gasteiger partial charge on any atom is -0.350 e. The second-order valence-electron chi connectivity index (χ2n) is 6.64. The Balaban J connectivity index is 1.79. The van der Waals surface area contributed by atoms with Gasteiger partial charge in [0, 0.05) is 18.4 Å². The maximum Gasteiger partial charge on any atom is 0.340 e. The highest BCUT2D eigenvalue weighted by atomic mass is 16.2. The van der Waals surface area contributed by atoms with Crippen LogP contribution >= 0.6 is 0 Å². The van der Waals surface area contributed by atoms with Gasteiger partial charge in [-0.2, -0.15) is 9.78 Å². The molecule has 2 heterocycles. The number of hydrogen-bond donors (Lipinski definition) is 1. The molecule has 0 aliphatic carbocycles. The van der Waals surface area contributed by atoms with Crippen LogP contribution in [0.3, 0.4) is 0 Å².